The van der Waals surface area contributed by atoms with E-state index in [-0.39, 0.29) is 12.5 Å². The summed E-state index contributed by atoms with van der Waals surface area (Å²) in [4.78, 5) is 12.1. The highest BCUT2D eigenvalue weighted by Gasteiger charge is 2.10. The van der Waals surface area contributed by atoms with Crippen molar-refractivity contribution in [2.75, 3.05) is 26.1 Å². The maximum absolute atomic E-state index is 12.1. The Morgan fingerprint density at radius 2 is 1.71 bits per heavy atom. The van der Waals surface area contributed by atoms with Crippen LogP contribution in [-0.2, 0) is 11.2 Å². The summed E-state index contributed by atoms with van der Waals surface area (Å²) in [5, 5.41) is 2.77. The van der Waals surface area contributed by atoms with E-state index in [0.717, 1.165) is 12.8 Å². The van der Waals surface area contributed by atoms with Crippen LogP contribution in [-0.4, -0.2) is 26.7 Å². The van der Waals surface area contributed by atoms with Gasteiger partial charge in [-0.25, -0.2) is 0 Å². The number of amides is 1. The highest BCUT2D eigenvalue weighted by Crippen LogP contribution is 2.28. The number of rotatable bonds is 8. The molecule has 0 heterocycles. The van der Waals surface area contributed by atoms with Crippen LogP contribution in [0.4, 0.5) is 5.69 Å². The number of ether oxygens (including phenoxy) is 3. The maximum atomic E-state index is 12.1. The lowest BCUT2D eigenvalue weighted by molar-refractivity contribution is -0.118. The Morgan fingerprint density at radius 3 is 2.33 bits per heavy atom. The smallest absolute Gasteiger partial charge is 0.262 e. The van der Waals surface area contributed by atoms with Gasteiger partial charge < -0.3 is 19.5 Å². The fourth-order valence-corrected chi connectivity index (χ4v) is 2.29. The quantitative estimate of drug-likeness (QED) is 0.803. The Kier molecular flexibility index (Phi) is 6.49. The molecule has 128 valence electrons. The third-order valence-electron chi connectivity index (χ3n) is 3.51. The number of carbonyl (C=O) groups excluding carboxylic acids is 1. The van der Waals surface area contributed by atoms with E-state index in [4.69, 9.17) is 14.2 Å². The number of carbonyl (C=O) groups is 1. The van der Waals surface area contributed by atoms with Crippen molar-refractivity contribution in [3.8, 4) is 17.2 Å². The predicted molar refractivity (Wildman–Crippen MR) is 94.1 cm³/mol. The molecule has 0 bridgehead atoms. The van der Waals surface area contributed by atoms with Gasteiger partial charge in [0.15, 0.2) is 6.61 Å². The number of benzene rings is 2. The number of aryl methyl sites for hydroxylation is 1. The summed E-state index contributed by atoms with van der Waals surface area (Å²) >= 11 is 0. The fourth-order valence-electron chi connectivity index (χ4n) is 2.29. The Balaban J connectivity index is 1.93. The van der Waals surface area contributed by atoms with Crippen molar-refractivity contribution in [2.24, 2.45) is 0 Å². The van der Waals surface area contributed by atoms with Gasteiger partial charge in [0.25, 0.3) is 5.91 Å². The van der Waals surface area contributed by atoms with E-state index in [9.17, 15) is 4.79 Å². The molecule has 2 aromatic carbocycles. The SMILES string of the molecule is CCCc1ccc(OCC(=O)Nc2cc(OC)ccc2OC)cc1. The molecule has 0 saturated carbocycles. The second-order valence-corrected chi connectivity index (χ2v) is 5.30. The van der Waals surface area contributed by atoms with Crippen molar-refractivity contribution < 1.29 is 19.0 Å². The lowest BCUT2D eigenvalue weighted by atomic mass is 10.1. The van der Waals surface area contributed by atoms with E-state index in [0.29, 0.717) is 22.9 Å². The Morgan fingerprint density at radius 1 is 1.00 bits per heavy atom. The van der Waals surface area contributed by atoms with Gasteiger partial charge in [-0.15, -0.1) is 0 Å². The van der Waals surface area contributed by atoms with E-state index >= 15 is 0 Å². The van der Waals surface area contributed by atoms with Crippen LogP contribution in [0.15, 0.2) is 42.5 Å². The van der Waals surface area contributed by atoms with Crippen molar-refractivity contribution in [1.29, 1.82) is 0 Å². The number of hydrogen-bond donors (Lipinski definition) is 1. The number of anilines is 1. The van der Waals surface area contributed by atoms with Crippen molar-refractivity contribution in [1.82, 2.24) is 0 Å². The molecule has 0 aromatic heterocycles. The summed E-state index contributed by atoms with van der Waals surface area (Å²) in [6.45, 7) is 2.06. The molecule has 5 heteroatoms. The van der Waals surface area contributed by atoms with Gasteiger partial charge in [-0.05, 0) is 36.2 Å². The van der Waals surface area contributed by atoms with Gasteiger partial charge in [-0.1, -0.05) is 25.5 Å². The van der Waals surface area contributed by atoms with E-state index in [1.165, 1.54) is 5.56 Å². The molecule has 2 aromatic rings. The Bertz CT molecular complexity index is 668. The second kappa shape index (κ2) is 8.82. The zero-order valence-corrected chi connectivity index (χ0v) is 14.3. The minimum atomic E-state index is -0.265. The molecule has 1 amide bonds. The lowest BCUT2D eigenvalue weighted by Crippen LogP contribution is -2.20. The topological polar surface area (TPSA) is 56.8 Å². The highest BCUT2D eigenvalue weighted by atomic mass is 16.5. The average Bonchev–Trinajstić information content (AvgIpc) is 2.61. The first-order valence-electron chi connectivity index (χ1n) is 7.90. The summed E-state index contributed by atoms with van der Waals surface area (Å²) in [5.74, 6) is 1.60. The van der Waals surface area contributed by atoms with Crippen molar-refractivity contribution in [3.05, 3.63) is 48.0 Å². The Labute approximate surface area is 142 Å². The first-order valence-corrected chi connectivity index (χ1v) is 7.90. The van der Waals surface area contributed by atoms with Crippen LogP contribution in [0.5, 0.6) is 17.2 Å². The van der Waals surface area contributed by atoms with Crippen LogP contribution in [0.3, 0.4) is 0 Å². The van der Waals surface area contributed by atoms with Crippen LogP contribution in [0, 0.1) is 0 Å². The molecule has 0 fully saturated rings. The number of methoxy groups -OCH3 is 2. The molecule has 1 N–H and O–H groups in total. The monoisotopic (exact) mass is 329 g/mol. The van der Waals surface area contributed by atoms with Crippen LogP contribution >= 0.6 is 0 Å². The van der Waals surface area contributed by atoms with Gasteiger partial charge in [0.1, 0.15) is 17.2 Å². The van der Waals surface area contributed by atoms with Crippen molar-refractivity contribution >= 4 is 11.6 Å². The van der Waals surface area contributed by atoms with E-state index in [2.05, 4.69) is 12.2 Å². The Hall–Kier alpha value is -2.69. The van der Waals surface area contributed by atoms with Gasteiger partial charge in [-0.2, -0.15) is 0 Å². The molecular formula is C19H23NO4. The molecule has 0 unspecified atom stereocenters. The zero-order chi connectivity index (χ0) is 17.4. The standard InChI is InChI=1S/C19H23NO4/c1-4-5-14-6-8-15(9-7-14)24-13-19(21)20-17-12-16(22-2)10-11-18(17)23-3/h6-12H,4-5,13H2,1-3H3,(H,20,21). The maximum Gasteiger partial charge on any atom is 0.262 e. The first kappa shape index (κ1) is 17.7. The van der Waals surface area contributed by atoms with Crippen LogP contribution in [0.1, 0.15) is 18.9 Å². The minimum absolute atomic E-state index is 0.0759. The van der Waals surface area contributed by atoms with Crippen molar-refractivity contribution in [3.63, 3.8) is 0 Å². The average molecular weight is 329 g/mol. The molecule has 0 aliphatic carbocycles. The number of hydrogen-bond acceptors (Lipinski definition) is 4. The van der Waals surface area contributed by atoms with E-state index in [1.807, 2.05) is 24.3 Å². The zero-order valence-electron chi connectivity index (χ0n) is 14.3. The summed E-state index contributed by atoms with van der Waals surface area (Å²) in [6.07, 6.45) is 2.14. The molecule has 0 aliphatic rings. The summed E-state index contributed by atoms with van der Waals surface area (Å²) in [6, 6.07) is 13.0. The molecule has 5 nitrogen and oxygen atoms in total. The second-order valence-electron chi connectivity index (χ2n) is 5.30. The van der Waals surface area contributed by atoms with Crippen LogP contribution in [0.2, 0.25) is 0 Å². The third kappa shape index (κ3) is 4.91. The molecule has 0 saturated heterocycles. The summed E-state index contributed by atoms with van der Waals surface area (Å²) in [7, 11) is 3.12. The predicted octanol–water partition coefficient (Wildman–Crippen LogP) is 3.67. The van der Waals surface area contributed by atoms with Crippen LogP contribution in [0.25, 0.3) is 0 Å². The number of nitrogens with one attached hydrogen (secondary N) is 1. The minimum Gasteiger partial charge on any atom is -0.497 e. The van der Waals surface area contributed by atoms with Gasteiger partial charge in [0.2, 0.25) is 0 Å². The third-order valence-corrected chi connectivity index (χ3v) is 3.51. The molecule has 0 radical (unpaired) electrons. The van der Waals surface area contributed by atoms with E-state index in [1.54, 1.807) is 32.4 Å². The van der Waals surface area contributed by atoms with Gasteiger partial charge in [0.05, 0.1) is 19.9 Å². The van der Waals surface area contributed by atoms with Gasteiger partial charge in [0, 0.05) is 6.07 Å². The summed E-state index contributed by atoms with van der Waals surface area (Å²) < 4.78 is 15.9. The molecule has 0 spiro atoms. The van der Waals surface area contributed by atoms with Gasteiger partial charge in [-0.3, -0.25) is 4.79 Å². The van der Waals surface area contributed by atoms with Crippen LogP contribution < -0.4 is 19.5 Å². The van der Waals surface area contributed by atoms with E-state index < -0.39 is 0 Å². The van der Waals surface area contributed by atoms with Crippen molar-refractivity contribution in [2.45, 2.75) is 19.8 Å². The lowest BCUT2D eigenvalue weighted by Gasteiger charge is -2.12. The molecule has 0 atom stereocenters. The van der Waals surface area contributed by atoms with Gasteiger partial charge >= 0.3 is 0 Å². The largest absolute Gasteiger partial charge is 0.497 e. The highest BCUT2D eigenvalue weighted by molar-refractivity contribution is 5.93. The molecule has 2 rings (SSSR count). The fraction of sp³-hybridized carbons (Fsp3) is 0.316. The molecule has 24 heavy (non-hydrogen) atoms. The first-order chi connectivity index (χ1) is 11.7. The molecular weight excluding hydrogens is 306 g/mol. The summed E-state index contributed by atoms with van der Waals surface area (Å²) in [5.41, 5.74) is 1.80. The normalized spacial score (nSPS) is 10.1. The molecule has 0 aliphatic heterocycles.